The number of furan rings is 1. The summed E-state index contributed by atoms with van der Waals surface area (Å²) in [5.41, 5.74) is 0.186. The fourth-order valence-electron chi connectivity index (χ4n) is 1.03. The van der Waals surface area contributed by atoms with E-state index in [4.69, 9.17) is 13.9 Å². The number of hydrogen-bond donors (Lipinski definition) is 0. The first-order chi connectivity index (χ1) is 7.20. The summed E-state index contributed by atoms with van der Waals surface area (Å²) in [5.74, 6) is -1.18. The SMILES string of the molecule is CCOC(=O)c1cocc1C(=O)OCC. The zero-order chi connectivity index (χ0) is 11.3. The molecule has 0 fully saturated rings. The monoisotopic (exact) mass is 212 g/mol. The van der Waals surface area contributed by atoms with Crippen LogP contribution in [0.15, 0.2) is 16.9 Å². The highest BCUT2D eigenvalue weighted by Crippen LogP contribution is 2.13. The Kier molecular flexibility index (Phi) is 3.91. The highest BCUT2D eigenvalue weighted by molar-refractivity contribution is 6.02. The van der Waals surface area contributed by atoms with Crippen LogP contribution in [0.5, 0.6) is 0 Å². The van der Waals surface area contributed by atoms with Crippen molar-refractivity contribution in [3.63, 3.8) is 0 Å². The van der Waals surface area contributed by atoms with Gasteiger partial charge in [0.15, 0.2) is 0 Å². The average Bonchev–Trinajstić information content (AvgIpc) is 2.66. The molecule has 82 valence electrons. The summed E-state index contributed by atoms with van der Waals surface area (Å²) >= 11 is 0. The molecule has 0 unspecified atom stereocenters. The van der Waals surface area contributed by atoms with Crippen LogP contribution in [0, 0.1) is 0 Å². The standard InChI is InChI=1S/C10H12O5/c1-3-14-9(11)7-5-13-6-8(7)10(12)15-4-2/h5-6H,3-4H2,1-2H3. The molecule has 5 heteroatoms. The van der Waals surface area contributed by atoms with Crippen molar-refractivity contribution in [3.8, 4) is 0 Å². The Morgan fingerprint density at radius 1 is 1.07 bits per heavy atom. The van der Waals surface area contributed by atoms with Crippen LogP contribution in [0.4, 0.5) is 0 Å². The van der Waals surface area contributed by atoms with Crippen LogP contribution in [-0.2, 0) is 9.47 Å². The van der Waals surface area contributed by atoms with Crippen LogP contribution < -0.4 is 0 Å². The van der Waals surface area contributed by atoms with Crippen LogP contribution in [0.1, 0.15) is 34.6 Å². The number of esters is 2. The highest BCUT2D eigenvalue weighted by Gasteiger charge is 2.21. The molecule has 0 aliphatic heterocycles. The molecule has 15 heavy (non-hydrogen) atoms. The Hall–Kier alpha value is -1.78. The smallest absolute Gasteiger partial charge is 0.342 e. The van der Waals surface area contributed by atoms with E-state index >= 15 is 0 Å². The van der Waals surface area contributed by atoms with Crippen LogP contribution in [0.25, 0.3) is 0 Å². The summed E-state index contributed by atoms with van der Waals surface area (Å²) in [5, 5.41) is 0. The molecule has 0 saturated heterocycles. The molecular formula is C10H12O5. The minimum absolute atomic E-state index is 0.0929. The van der Waals surface area contributed by atoms with E-state index in [0.29, 0.717) is 0 Å². The van der Waals surface area contributed by atoms with E-state index in [-0.39, 0.29) is 24.3 Å². The van der Waals surface area contributed by atoms with Gasteiger partial charge in [-0.3, -0.25) is 0 Å². The van der Waals surface area contributed by atoms with E-state index in [9.17, 15) is 9.59 Å². The molecule has 1 heterocycles. The van der Waals surface area contributed by atoms with E-state index in [1.54, 1.807) is 13.8 Å². The molecule has 0 N–H and O–H groups in total. The molecule has 0 amide bonds. The van der Waals surface area contributed by atoms with Crippen molar-refractivity contribution in [3.05, 3.63) is 23.7 Å². The van der Waals surface area contributed by atoms with Crippen LogP contribution in [-0.4, -0.2) is 25.2 Å². The molecule has 0 aromatic carbocycles. The minimum Gasteiger partial charge on any atom is -0.471 e. The van der Waals surface area contributed by atoms with Crippen molar-refractivity contribution >= 4 is 11.9 Å². The summed E-state index contributed by atoms with van der Waals surface area (Å²) in [4.78, 5) is 22.7. The van der Waals surface area contributed by atoms with Crippen molar-refractivity contribution < 1.29 is 23.5 Å². The number of hydrogen-bond acceptors (Lipinski definition) is 5. The number of ether oxygens (including phenoxy) is 2. The molecule has 0 saturated carbocycles. The van der Waals surface area contributed by atoms with Gasteiger partial charge in [0.25, 0.3) is 0 Å². The molecule has 0 radical (unpaired) electrons. The fraction of sp³-hybridized carbons (Fsp3) is 0.400. The lowest BCUT2D eigenvalue weighted by molar-refractivity contribution is 0.0480. The van der Waals surface area contributed by atoms with Crippen LogP contribution >= 0.6 is 0 Å². The maximum atomic E-state index is 11.3. The topological polar surface area (TPSA) is 65.7 Å². The Balaban J connectivity index is 2.86. The molecule has 0 atom stereocenters. The second-order valence-corrected chi connectivity index (χ2v) is 2.64. The lowest BCUT2D eigenvalue weighted by atomic mass is 10.2. The van der Waals surface area contributed by atoms with Gasteiger partial charge in [0.2, 0.25) is 0 Å². The molecule has 0 aliphatic carbocycles. The van der Waals surface area contributed by atoms with Crippen LogP contribution in [0.3, 0.4) is 0 Å². The summed E-state index contributed by atoms with van der Waals surface area (Å²) < 4.78 is 14.3. The van der Waals surface area contributed by atoms with E-state index in [1.807, 2.05) is 0 Å². The number of rotatable bonds is 4. The third kappa shape index (κ3) is 2.59. The first-order valence-corrected chi connectivity index (χ1v) is 4.61. The zero-order valence-corrected chi connectivity index (χ0v) is 8.61. The van der Waals surface area contributed by atoms with Gasteiger partial charge in [0.1, 0.15) is 23.7 Å². The van der Waals surface area contributed by atoms with Gasteiger partial charge in [-0.2, -0.15) is 0 Å². The minimum atomic E-state index is -0.589. The first kappa shape index (κ1) is 11.3. The van der Waals surface area contributed by atoms with Crippen molar-refractivity contribution in [2.45, 2.75) is 13.8 Å². The van der Waals surface area contributed by atoms with Crippen molar-refractivity contribution in [1.82, 2.24) is 0 Å². The van der Waals surface area contributed by atoms with Crippen LogP contribution in [0.2, 0.25) is 0 Å². The highest BCUT2D eigenvalue weighted by atomic mass is 16.5. The summed E-state index contributed by atoms with van der Waals surface area (Å²) in [7, 11) is 0. The Morgan fingerprint density at radius 3 is 1.80 bits per heavy atom. The van der Waals surface area contributed by atoms with E-state index < -0.39 is 11.9 Å². The van der Waals surface area contributed by atoms with E-state index in [0.717, 1.165) is 0 Å². The summed E-state index contributed by atoms with van der Waals surface area (Å²) in [6.07, 6.45) is 2.34. The Bertz CT molecular complexity index is 320. The zero-order valence-electron chi connectivity index (χ0n) is 8.61. The largest absolute Gasteiger partial charge is 0.471 e. The maximum absolute atomic E-state index is 11.3. The average molecular weight is 212 g/mol. The van der Waals surface area contributed by atoms with E-state index in [2.05, 4.69) is 0 Å². The quantitative estimate of drug-likeness (QED) is 0.709. The predicted octanol–water partition coefficient (Wildman–Crippen LogP) is 1.63. The summed E-state index contributed by atoms with van der Waals surface area (Å²) in [6.45, 7) is 3.85. The lowest BCUT2D eigenvalue weighted by Gasteiger charge is -2.02. The molecule has 5 nitrogen and oxygen atoms in total. The first-order valence-electron chi connectivity index (χ1n) is 4.61. The third-order valence-corrected chi connectivity index (χ3v) is 1.65. The molecule has 0 spiro atoms. The molecule has 0 bridgehead atoms. The molecule has 1 rings (SSSR count). The van der Waals surface area contributed by atoms with Gasteiger partial charge in [0, 0.05) is 0 Å². The summed E-state index contributed by atoms with van der Waals surface area (Å²) in [6, 6.07) is 0. The number of carbonyl (C=O) groups excluding carboxylic acids is 2. The van der Waals surface area contributed by atoms with Gasteiger partial charge in [-0.15, -0.1) is 0 Å². The second-order valence-electron chi connectivity index (χ2n) is 2.64. The molecule has 0 aliphatic rings. The van der Waals surface area contributed by atoms with Gasteiger partial charge >= 0.3 is 11.9 Å². The van der Waals surface area contributed by atoms with Gasteiger partial charge in [-0.1, -0.05) is 0 Å². The number of carbonyl (C=O) groups is 2. The Labute approximate surface area is 87.0 Å². The molecule has 1 aromatic heterocycles. The van der Waals surface area contributed by atoms with Gasteiger partial charge in [0.05, 0.1) is 13.2 Å². The third-order valence-electron chi connectivity index (χ3n) is 1.65. The van der Waals surface area contributed by atoms with Crippen molar-refractivity contribution in [2.24, 2.45) is 0 Å². The van der Waals surface area contributed by atoms with E-state index in [1.165, 1.54) is 12.5 Å². The predicted molar refractivity (Wildman–Crippen MR) is 50.6 cm³/mol. The van der Waals surface area contributed by atoms with Gasteiger partial charge in [-0.25, -0.2) is 9.59 Å². The van der Waals surface area contributed by atoms with Gasteiger partial charge < -0.3 is 13.9 Å². The molecular weight excluding hydrogens is 200 g/mol. The fourth-order valence-corrected chi connectivity index (χ4v) is 1.03. The van der Waals surface area contributed by atoms with Gasteiger partial charge in [-0.05, 0) is 13.8 Å². The Morgan fingerprint density at radius 2 is 1.47 bits per heavy atom. The lowest BCUT2D eigenvalue weighted by Crippen LogP contribution is -2.11. The maximum Gasteiger partial charge on any atom is 0.342 e. The second kappa shape index (κ2) is 5.19. The van der Waals surface area contributed by atoms with Crippen molar-refractivity contribution in [1.29, 1.82) is 0 Å². The molecule has 1 aromatic rings. The van der Waals surface area contributed by atoms with Crippen molar-refractivity contribution in [2.75, 3.05) is 13.2 Å². The normalized spacial score (nSPS) is 9.73.